The largest absolute Gasteiger partial charge is 0.342 e. The highest BCUT2D eigenvalue weighted by Crippen LogP contribution is 2.27. The quantitative estimate of drug-likeness (QED) is 0.799. The van der Waals surface area contributed by atoms with Gasteiger partial charge in [-0.25, -0.2) is 0 Å². The summed E-state index contributed by atoms with van der Waals surface area (Å²) < 4.78 is 1.96. The molecule has 128 valence electrons. The van der Waals surface area contributed by atoms with Crippen molar-refractivity contribution in [2.24, 2.45) is 5.92 Å². The average molecular weight is 344 g/mol. The first-order valence-electron chi connectivity index (χ1n) is 8.47. The van der Waals surface area contributed by atoms with Crippen LogP contribution in [-0.4, -0.2) is 43.9 Å². The summed E-state index contributed by atoms with van der Waals surface area (Å²) in [5.74, 6) is 0.924. The second-order valence-electron chi connectivity index (χ2n) is 6.54. The third kappa shape index (κ3) is 3.64. The van der Waals surface area contributed by atoms with Crippen LogP contribution in [0.1, 0.15) is 32.3 Å². The lowest BCUT2D eigenvalue weighted by Gasteiger charge is -2.31. The maximum Gasteiger partial charge on any atom is 0.235 e. The molecule has 2 heterocycles. The number of likely N-dealkylation sites (tertiary alicyclic amines) is 1. The highest BCUT2D eigenvalue weighted by atomic mass is 32.2. The highest BCUT2D eigenvalue weighted by Gasteiger charge is 2.26. The Morgan fingerprint density at radius 3 is 2.71 bits per heavy atom. The molecule has 3 rings (SSSR count). The van der Waals surface area contributed by atoms with Gasteiger partial charge in [0.1, 0.15) is 6.33 Å². The number of carbonyl (C=O) groups is 1. The predicted octanol–water partition coefficient (Wildman–Crippen LogP) is 3.31. The van der Waals surface area contributed by atoms with E-state index in [-0.39, 0.29) is 11.2 Å². The Hall–Kier alpha value is -1.82. The Bertz CT molecular complexity index is 707. The third-order valence-electron chi connectivity index (χ3n) is 4.62. The molecule has 1 atom stereocenters. The highest BCUT2D eigenvalue weighted by molar-refractivity contribution is 8.00. The van der Waals surface area contributed by atoms with Gasteiger partial charge in [-0.2, -0.15) is 0 Å². The molecule has 0 saturated carbocycles. The summed E-state index contributed by atoms with van der Waals surface area (Å²) in [5, 5.41) is 8.86. The standard InChI is InChI=1S/C18H24N4OS/c1-13-8-10-21(11-9-13)17(23)15(3)24-18-20-19-12-22(18)16-7-5-4-6-14(16)2/h4-7,12-13,15H,8-11H2,1-3H3. The van der Waals surface area contributed by atoms with E-state index in [0.717, 1.165) is 48.3 Å². The molecule has 0 aliphatic carbocycles. The van der Waals surface area contributed by atoms with E-state index in [2.05, 4.69) is 30.1 Å². The van der Waals surface area contributed by atoms with Crippen molar-refractivity contribution in [3.05, 3.63) is 36.2 Å². The van der Waals surface area contributed by atoms with E-state index in [1.807, 2.05) is 34.6 Å². The van der Waals surface area contributed by atoms with Crippen LogP contribution in [0.2, 0.25) is 0 Å². The third-order valence-corrected chi connectivity index (χ3v) is 5.66. The van der Waals surface area contributed by atoms with Crippen LogP contribution in [-0.2, 0) is 4.79 Å². The van der Waals surface area contributed by atoms with E-state index >= 15 is 0 Å². The molecule has 1 fully saturated rings. The first-order chi connectivity index (χ1) is 11.6. The molecule has 0 spiro atoms. The summed E-state index contributed by atoms with van der Waals surface area (Å²) in [7, 11) is 0. The van der Waals surface area contributed by atoms with Gasteiger partial charge in [0, 0.05) is 13.1 Å². The van der Waals surface area contributed by atoms with Crippen molar-refractivity contribution >= 4 is 17.7 Å². The number of carbonyl (C=O) groups excluding carboxylic acids is 1. The van der Waals surface area contributed by atoms with Crippen LogP contribution in [0.5, 0.6) is 0 Å². The number of hydrogen-bond acceptors (Lipinski definition) is 4. The van der Waals surface area contributed by atoms with E-state index in [1.54, 1.807) is 6.33 Å². The van der Waals surface area contributed by atoms with Crippen LogP contribution < -0.4 is 0 Å². The lowest BCUT2D eigenvalue weighted by molar-refractivity contribution is -0.131. The van der Waals surface area contributed by atoms with Gasteiger partial charge in [-0.05, 0) is 44.2 Å². The van der Waals surface area contributed by atoms with Gasteiger partial charge in [0.05, 0.1) is 10.9 Å². The molecule has 2 aromatic rings. The fourth-order valence-electron chi connectivity index (χ4n) is 3.00. The van der Waals surface area contributed by atoms with Gasteiger partial charge in [0.15, 0.2) is 5.16 Å². The van der Waals surface area contributed by atoms with Crippen LogP contribution >= 0.6 is 11.8 Å². The number of thioether (sulfide) groups is 1. The first-order valence-corrected chi connectivity index (χ1v) is 9.35. The number of hydrogen-bond donors (Lipinski definition) is 0. The van der Waals surface area contributed by atoms with Crippen molar-refractivity contribution < 1.29 is 4.79 Å². The zero-order chi connectivity index (χ0) is 17.1. The summed E-state index contributed by atoms with van der Waals surface area (Å²) in [6, 6.07) is 8.12. The summed E-state index contributed by atoms with van der Waals surface area (Å²) in [5.41, 5.74) is 2.21. The van der Waals surface area contributed by atoms with Crippen LogP contribution in [0.4, 0.5) is 0 Å². The van der Waals surface area contributed by atoms with Crippen LogP contribution in [0.3, 0.4) is 0 Å². The number of nitrogens with zero attached hydrogens (tertiary/aromatic N) is 4. The van der Waals surface area contributed by atoms with Crippen molar-refractivity contribution in [1.29, 1.82) is 0 Å². The number of piperidine rings is 1. The number of para-hydroxylation sites is 1. The smallest absolute Gasteiger partial charge is 0.235 e. The van der Waals surface area contributed by atoms with Gasteiger partial charge in [0.2, 0.25) is 5.91 Å². The molecule has 0 radical (unpaired) electrons. The molecule has 1 unspecified atom stereocenters. The number of aryl methyl sites for hydroxylation is 1. The van der Waals surface area contributed by atoms with E-state index in [1.165, 1.54) is 11.8 Å². The molecular formula is C18H24N4OS. The minimum Gasteiger partial charge on any atom is -0.342 e. The molecule has 5 nitrogen and oxygen atoms in total. The Morgan fingerprint density at radius 1 is 1.29 bits per heavy atom. The molecule has 1 amide bonds. The fourth-order valence-corrected chi connectivity index (χ4v) is 3.92. The van der Waals surface area contributed by atoms with Gasteiger partial charge < -0.3 is 4.90 Å². The van der Waals surface area contributed by atoms with E-state index in [0.29, 0.717) is 0 Å². The van der Waals surface area contributed by atoms with E-state index in [4.69, 9.17) is 0 Å². The minimum atomic E-state index is -0.162. The lowest BCUT2D eigenvalue weighted by Crippen LogP contribution is -2.41. The summed E-state index contributed by atoms with van der Waals surface area (Å²) >= 11 is 1.48. The number of amides is 1. The molecule has 1 aromatic carbocycles. The summed E-state index contributed by atoms with van der Waals surface area (Å²) in [4.78, 5) is 14.7. The molecule has 24 heavy (non-hydrogen) atoms. The normalized spacial score (nSPS) is 17.0. The van der Waals surface area contributed by atoms with Crippen LogP contribution in [0.15, 0.2) is 35.7 Å². The monoisotopic (exact) mass is 344 g/mol. The van der Waals surface area contributed by atoms with Gasteiger partial charge in [0.25, 0.3) is 0 Å². The predicted molar refractivity (Wildman–Crippen MR) is 96.4 cm³/mol. The van der Waals surface area contributed by atoms with Crippen molar-refractivity contribution in [3.63, 3.8) is 0 Å². The molecule has 1 aliphatic heterocycles. The Balaban J connectivity index is 1.72. The molecule has 0 N–H and O–H groups in total. The topological polar surface area (TPSA) is 51.0 Å². The van der Waals surface area contributed by atoms with Crippen molar-refractivity contribution in [2.45, 2.75) is 44.0 Å². The second-order valence-corrected chi connectivity index (χ2v) is 7.85. The minimum absolute atomic E-state index is 0.162. The Morgan fingerprint density at radius 2 is 2.00 bits per heavy atom. The lowest BCUT2D eigenvalue weighted by atomic mass is 9.99. The first kappa shape index (κ1) is 17.0. The maximum absolute atomic E-state index is 12.7. The molecule has 1 aliphatic rings. The van der Waals surface area contributed by atoms with E-state index < -0.39 is 0 Å². The molecule has 1 aromatic heterocycles. The fraction of sp³-hybridized carbons (Fsp3) is 0.500. The maximum atomic E-state index is 12.7. The van der Waals surface area contributed by atoms with Crippen LogP contribution in [0, 0.1) is 12.8 Å². The molecule has 0 bridgehead atoms. The average Bonchev–Trinajstić information content (AvgIpc) is 3.03. The molecule has 1 saturated heterocycles. The Labute approximate surface area is 147 Å². The van der Waals surface area contributed by atoms with Crippen molar-refractivity contribution in [3.8, 4) is 5.69 Å². The van der Waals surface area contributed by atoms with Crippen LogP contribution in [0.25, 0.3) is 5.69 Å². The van der Waals surface area contributed by atoms with Gasteiger partial charge in [-0.15, -0.1) is 10.2 Å². The van der Waals surface area contributed by atoms with Gasteiger partial charge >= 0.3 is 0 Å². The Kier molecular flexibility index (Phi) is 5.23. The van der Waals surface area contributed by atoms with Gasteiger partial charge in [-0.1, -0.05) is 36.9 Å². The molecular weight excluding hydrogens is 320 g/mol. The SMILES string of the molecule is Cc1ccccc1-n1cnnc1SC(C)C(=O)N1CCC(C)CC1. The number of aromatic nitrogens is 3. The van der Waals surface area contributed by atoms with E-state index in [9.17, 15) is 4.79 Å². The zero-order valence-electron chi connectivity index (χ0n) is 14.5. The van der Waals surface area contributed by atoms with Gasteiger partial charge in [-0.3, -0.25) is 9.36 Å². The van der Waals surface area contributed by atoms with Crippen molar-refractivity contribution in [2.75, 3.05) is 13.1 Å². The summed E-state index contributed by atoms with van der Waals surface area (Å²) in [6.45, 7) is 8.02. The number of rotatable bonds is 4. The summed E-state index contributed by atoms with van der Waals surface area (Å²) in [6.07, 6.45) is 3.91. The molecule has 6 heteroatoms. The van der Waals surface area contributed by atoms with Crippen molar-refractivity contribution in [1.82, 2.24) is 19.7 Å². The number of benzene rings is 1. The second kappa shape index (κ2) is 7.38. The zero-order valence-corrected chi connectivity index (χ0v) is 15.3.